The number of para-hydroxylation sites is 1. The Morgan fingerprint density at radius 3 is 3.00 bits per heavy atom. The maximum absolute atomic E-state index is 15.4. The van der Waals surface area contributed by atoms with Crippen molar-refractivity contribution in [1.29, 1.82) is 0 Å². The highest BCUT2D eigenvalue weighted by Gasteiger charge is 2.57. The fourth-order valence-corrected chi connectivity index (χ4v) is 4.69. The molecule has 170 valence electrons. The number of aliphatic hydroxyl groups is 2. The Morgan fingerprint density at radius 1 is 1.41 bits per heavy atom. The molecule has 1 fully saturated rings. The van der Waals surface area contributed by atoms with Crippen molar-refractivity contribution < 1.29 is 37.5 Å². The Morgan fingerprint density at radius 2 is 2.19 bits per heavy atom. The van der Waals surface area contributed by atoms with Crippen LogP contribution in [0.5, 0.6) is 5.75 Å². The minimum absolute atomic E-state index is 0.0932. The smallest absolute Gasteiger partial charge is 0.404 e. The molecule has 1 unspecified atom stereocenters. The van der Waals surface area contributed by atoms with Gasteiger partial charge in [0.05, 0.1) is 12.9 Å². The lowest BCUT2D eigenvalue weighted by Crippen LogP contribution is -2.43. The predicted octanol–water partition coefficient (Wildman–Crippen LogP) is 0.352. The molecule has 3 aromatic rings. The number of aliphatic hydroxyl groups excluding tert-OH is 2. The van der Waals surface area contributed by atoms with Crippen LogP contribution in [0.1, 0.15) is 11.8 Å². The summed E-state index contributed by atoms with van der Waals surface area (Å²) in [5.41, 5.74) is 5.27. The average molecular weight is 469 g/mol. The van der Waals surface area contributed by atoms with Crippen LogP contribution in [0.3, 0.4) is 0 Å². The Kier molecular flexibility index (Phi) is 4.81. The van der Waals surface area contributed by atoms with Gasteiger partial charge in [0.2, 0.25) is 5.95 Å². The highest BCUT2D eigenvalue weighted by Crippen LogP contribution is 2.55. The van der Waals surface area contributed by atoms with E-state index in [1.165, 1.54) is 0 Å². The molecule has 0 saturated carbocycles. The van der Waals surface area contributed by atoms with Crippen molar-refractivity contribution in [2.45, 2.75) is 30.9 Å². The van der Waals surface area contributed by atoms with Crippen LogP contribution in [0, 0.1) is 0 Å². The lowest BCUT2D eigenvalue weighted by Gasteiger charge is -2.28. The molecule has 32 heavy (non-hydrogen) atoms. The molecule has 5 N–H and O–H groups in total. The number of aromatic amines is 1. The van der Waals surface area contributed by atoms with Crippen molar-refractivity contribution in [2.24, 2.45) is 0 Å². The molecule has 5 rings (SSSR count). The van der Waals surface area contributed by atoms with E-state index in [1.54, 1.807) is 24.3 Å². The zero-order valence-corrected chi connectivity index (χ0v) is 17.0. The van der Waals surface area contributed by atoms with Gasteiger partial charge in [-0.1, -0.05) is 18.2 Å². The lowest BCUT2D eigenvalue weighted by molar-refractivity contribution is -0.204. The second-order valence-electron chi connectivity index (χ2n) is 7.20. The monoisotopic (exact) mass is 469 g/mol. The number of H-pyrrole nitrogens is 1. The molecule has 0 aliphatic carbocycles. The number of anilines is 1. The van der Waals surface area contributed by atoms with Crippen molar-refractivity contribution in [3.05, 3.63) is 46.5 Å². The fourth-order valence-electron chi connectivity index (χ4n) is 3.46. The number of imidazole rings is 1. The van der Waals surface area contributed by atoms with Gasteiger partial charge in [-0.15, -0.1) is 0 Å². The predicted molar refractivity (Wildman–Crippen MR) is 104 cm³/mol. The third-order valence-corrected chi connectivity index (χ3v) is 6.39. The highest BCUT2D eigenvalue weighted by molar-refractivity contribution is 7.49. The van der Waals surface area contributed by atoms with Crippen LogP contribution < -0.4 is 15.8 Å². The number of aromatic nitrogens is 4. The van der Waals surface area contributed by atoms with Gasteiger partial charge >= 0.3 is 7.82 Å². The minimum atomic E-state index is -4.23. The maximum atomic E-state index is 15.4. The molecule has 15 heteroatoms. The van der Waals surface area contributed by atoms with E-state index in [4.69, 9.17) is 24.0 Å². The van der Waals surface area contributed by atoms with Crippen LogP contribution in [0.25, 0.3) is 11.2 Å². The Labute approximate surface area is 178 Å². The van der Waals surface area contributed by atoms with Crippen LogP contribution >= 0.6 is 7.82 Å². The van der Waals surface area contributed by atoms with Crippen molar-refractivity contribution in [3.8, 4) is 5.75 Å². The van der Waals surface area contributed by atoms with Crippen molar-refractivity contribution in [2.75, 3.05) is 12.3 Å². The summed E-state index contributed by atoms with van der Waals surface area (Å²) in [6.45, 7) is -1.19. The first-order valence-electron chi connectivity index (χ1n) is 9.31. The number of nitrogens with two attached hydrogens (primary N) is 1. The van der Waals surface area contributed by atoms with Crippen LogP contribution in [-0.2, 0) is 25.0 Å². The molecule has 0 spiro atoms. The molecule has 13 nitrogen and oxygen atoms in total. The van der Waals surface area contributed by atoms with Gasteiger partial charge < -0.3 is 25.2 Å². The molecule has 2 aliphatic heterocycles. The number of nitrogens with zero attached hydrogens (tertiary/aromatic N) is 3. The molecule has 2 aliphatic rings. The van der Waals surface area contributed by atoms with Gasteiger partial charge in [-0.05, 0) is 6.07 Å². The number of hydrogen-bond acceptors (Lipinski definition) is 11. The average Bonchev–Trinajstić information content (AvgIpc) is 3.27. The number of phosphoric ester groups is 1. The number of fused-ring (bicyclic) bond motifs is 2. The number of benzene rings is 1. The number of rotatable bonds is 4. The van der Waals surface area contributed by atoms with Gasteiger partial charge in [0.15, 0.2) is 17.4 Å². The lowest BCUT2D eigenvalue weighted by atomic mass is 10.1. The van der Waals surface area contributed by atoms with Gasteiger partial charge in [0, 0.05) is 5.56 Å². The third kappa shape index (κ3) is 3.37. The summed E-state index contributed by atoms with van der Waals surface area (Å²) in [5.74, 6) is -2.99. The normalized spacial score (nSPS) is 32.0. The van der Waals surface area contributed by atoms with E-state index < -0.39 is 44.3 Å². The first kappa shape index (κ1) is 21.0. The molecule has 1 saturated heterocycles. The van der Waals surface area contributed by atoms with Gasteiger partial charge in [-0.2, -0.15) is 4.98 Å². The fraction of sp³-hybridized carbons (Fsp3) is 0.353. The summed E-state index contributed by atoms with van der Waals surface area (Å²) in [6, 6.07) is 6.63. The van der Waals surface area contributed by atoms with E-state index in [9.17, 15) is 19.6 Å². The number of halogens is 1. The Balaban J connectivity index is 1.37. The third-order valence-electron chi connectivity index (χ3n) is 5.08. The SMILES string of the molecule is Nc1nc2c(ncn2[C@@H]2O[C@](F)(COP3(=O)OCc4ccccc4O3)[C@@H](O)[C@H]2O)c(=O)[nH]1. The Hall–Kier alpha value is -2.87. The second kappa shape index (κ2) is 7.33. The number of alkyl halides is 1. The molecular weight excluding hydrogens is 452 g/mol. The van der Waals surface area contributed by atoms with E-state index in [0.29, 0.717) is 5.56 Å². The van der Waals surface area contributed by atoms with Crippen molar-refractivity contribution in [3.63, 3.8) is 0 Å². The molecular formula is C17H17FN5O8P. The molecule has 5 atom stereocenters. The van der Waals surface area contributed by atoms with Gasteiger partial charge in [-0.25, -0.2) is 13.9 Å². The van der Waals surface area contributed by atoms with Crippen molar-refractivity contribution in [1.82, 2.24) is 19.5 Å². The van der Waals surface area contributed by atoms with Crippen LogP contribution in [0.2, 0.25) is 0 Å². The second-order valence-corrected chi connectivity index (χ2v) is 8.79. The topological polar surface area (TPSA) is 184 Å². The van der Waals surface area contributed by atoms with E-state index in [0.717, 1.165) is 10.9 Å². The standard InChI is InChI=1S/C17H17FN5O8P/c18-17(6-29-32(27)28-5-8-3-1-2-4-9(8)31-32)12(25)11(24)15(30-17)23-7-20-10-13(23)21-16(19)22-14(10)26/h1-4,7,11-12,15,24-25H,5-6H2,(H3,19,21,22,26)/t11-,12+,15-,17-,32?/m1/s1. The summed E-state index contributed by atoms with van der Waals surface area (Å²) < 4.78 is 49.8. The summed E-state index contributed by atoms with van der Waals surface area (Å²) in [4.78, 5) is 22.0. The van der Waals surface area contributed by atoms with Crippen molar-refractivity contribution >= 4 is 24.9 Å². The minimum Gasteiger partial charge on any atom is -0.404 e. The summed E-state index contributed by atoms with van der Waals surface area (Å²) >= 11 is 0. The van der Waals surface area contributed by atoms with Crippen LogP contribution in [0.15, 0.2) is 35.4 Å². The zero-order chi connectivity index (χ0) is 22.7. The van der Waals surface area contributed by atoms with Gasteiger partial charge in [-0.3, -0.25) is 23.4 Å². The highest BCUT2D eigenvalue weighted by atomic mass is 31.2. The van der Waals surface area contributed by atoms with E-state index in [2.05, 4.69) is 15.0 Å². The molecule has 0 amide bonds. The largest absolute Gasteiger partial charge is 0.530 e. The zero-order valence-electron chi connectivity index (χ0n) is 16.1. The molecule has 0 radical (unpaired) electrons. The van der Waals surface area contributed by atoms with E-state index >= 15 is 4.39 Å². The van der Waals surface area contributed by atoms with Gasteiger partial charge in [0.1, 0.15) is 24.6 Å². The summed E-state index contributed by atoms with van der Waals surface area (Å²) in [6.07, 6.45) is -4.41. The quantitative estimate of drug-likeness (QED) is 0.387. The number of hydrogen-bond donors (Lipinski definition) is 4. The first-order chi connectivity index (χ1) is 15.2. The number of nitrogen functional groups attached to an aromatic ring is 1. The first-order valence-corrected chi connectivity index (χ1v) is 10.8. The summed E-state index contributed by atoms with van der Waals surface area (Å²) in [7, 11) is -4.23. The van der Waals surface area contributed by atoms with Crippen LogP contribution in [0.4, 0.5) is 10.3 Å². The molecule has 1 aromatic carbocycles. The number of nitrogens with one attached hydrogen (secondary N) is 1. The van der Waals surface area contributed by atoms with E-state index in [1.807, 2.05) is 0 Å². The molecule has 0 bridgehead atoms. The molecule has 2 aromatic heterocycles. The summed E-state index contributed by atoms with van der Waals surface area (Å²) in [5, 5.41) is 20.7. The van der Waals surface area contributed by atoms with E-state index in [-0.39, 0.29) is 29.5 Å². The number of ether oxygens (including phenoxy) is 1. The maximum Gasteiger partial charge on any atom is 0.530 e. The number of phosphoric acid groups is 1. The Bertz CT molecular complexity index is 1300. The molecule has 4 heterocycles. The van der Waals surface area contributed by atoms with Gasteiger partial charge in [0.25, 0.3) is 11.4 Å². The van der Waals surface area contributed by atoms with Crippen LogP contribution in [-0.4, -0.2) is 54.4 Å².